The summed E-state index contributed by atoms with van der Waals surface area (Å²) in [5.74, 6) is 1.66. The summed E-state index contributed by atoms with van der Waals surface area (Å²) in [7, 11) is 0. The molecule has 120 valence electrons. The van der Waals surface area contributed by atoms with Gasteiger partial charge in [-0.1, -0.05) is 25.1 Å². The van der Waals surface area contributed by atoms with Gasteiger partial charge in [-0.2, -0.15) is 5.10 Å². The number of para-hydroxylation sites is 1. The molecule has 0 fully saturated rings. The Labute approximate surface area is 143 Å². The number of aryl methyl sites for hydroxylation is 1. The Morgan fingerprint density at radius 2 is 1.96 bits per heavy atom. The fraction of sp³-hybridized carbons (Fsp3) is 0.176. The van der Waals surface area contributed by atoms with E-state index in [4.69, 9.17) is 0 Å². The zero-order valence-electron chi connectivity index (χ0n) is 13.2. The lowest BCUT2D eigenvalue weighted by molar-refractivity contribution is 0.804. The van der Waals surface area contributed by atoms with Crippen molar-refractivity contribution in [2.75, 3.05) is 5.32 Å². The number of rotatable bonds is 5. The molecule has 0 unspecified atom stereocenters. The Hall–Kier alpha value is -2.80. The van der Waals surface area contributed by atoms with Gasteiger partial charge in [0, 0.05) is 4.88 Å². The second-order valence-electron chi connectivity index (χ2n) is 5.28. The van der Waals surface area contributed by atoms with Crippen LogP contribution in [-0.2, 0) is 13.0 Å². The molecule has 1 aromatic carbocycles. The number of hydrogen-bond acceptors (Lipinski definition) is 6. The third-order valence-electron chi connectivity index (χ3n) is 3.76. The van der Waals surface area contributed by atoms with Crippen molar-refractivity contribution >= 4 is 27.4 Å². The van der Waals surface area contributed by atoms with Crippen LogP contribution in [-0.4, -0.2) is 24.7 Å². The molecule has 4 rings (SSSR count). The second-order valence-corrected chi connectivity index (χ2v) is 6.40. The van der Waals surface area contributed by atoms with Crippen molar-refractivity contribution in [3.8, 4) is 5.69 Å². The van der Waals surface area contributed by atoms with Crippen LogP contribution in [0.15, 0.2) is 49.1 Å². The van der Waals surface area contributed by atoms with Gasteiger partial charge in [-0.25, -0.2) is 19.6 Å². The van der Waals surface area contributed by atoms with Crippen molar-refractivity contribution in [2.45, 2.75) is 19.9 Å². The maximum absolute atomic E-state index is 4.38. The van der Waals surface area contributed by atoms with Crippen LogP contribution in [0.2, 0.25) is 0 Å². The molecule has 0 aliphatic carbocycles. The summed E-state index contributed by atoms with van der Waals surface area (Å²) in [5, 5.41) is 8.74. The molecule has 4 aromatic rings. The first-order valence-corrected chi connectivity index (χ1v) is 8.58. The molecule has 0 spiro atoms. The van der Waals surface area contributed by atoms with E-state index in [2.05, 4.69) is 38.4 Å². The molecule has 24 heavy (non-hydrogen) atoms. The molecule has 7 heteroatoms. The van der Waals surface area contributed by atoms with Crippen molar-refractivity contribution < 1.29 is 0 Å². The van der Waals surface area contributed by atoms with Crippen molar-refractivity contribution in [1.29, 1.82) is 0 Å². The summed E-state index contributed by atoms with van der Waals surface area (Å²) in [6.07, 6.45) is 4.17. The number of benzene rings is 1. The fourth-order valence-electron chi connectivity index (χ4n) is 2.55. The van der Waals surface area contributed by atoms with E-state index >= 15 is 0 Å². The number of fused-ring (bicyclic) bond motifs is 1. The largest absolute Gasteiger partial charge is 0.362 e. The predicted octanol–water partition coefficient (Wildman–Crippen LogP) is 3.45. The van der Waals surface area contributed by atoms with Gasteiger partial charge in [0.05, 0.1) is 17.6 Å². The minimum atomic E-state index is 0.540. The first-order valence-electron chi connectivity index (χ1n) is 7.76. The molecule has 3 aromatic heterocycles. The Morgan fingerprint density at radius 3 is 2.79 bits per heavy atom. The number of aromatic nitrogens is 5. The van der Waals surface area contributed by atoms with Crippen molar-refractivity contribution in [2.24, 2.45) is 0 Å². The van der Waals surface area contributed by atoms with Gasteiger partial charge in [0.15, 0.2) is 5.82 Å². The van der Waals surface area contributed by atoms with Gasteiger partial charge >= 0.3 is 0 Å². The first kappa shape index (κ1) is 14.8. The number of hydrogen-bond donors (Lipinski definition) is 1. The van der Waals surface area contributed by atoms with Crippen molar-refractivity contribution in [3.05, 3.63) is 59.8 Å². The van der Waals surface area contributed by atoms with E-state index in [1.54, 1.807) is 24.0 Å². The monoisotopic (exact) mass is 336 g/mol. The first-order chi connectivity index (χ1) is 11.8. The van der Waals surface area contributed by atoms with Crippen LogP contribution in [0.5, 0.6) is 0 Å². The number of nitrogens with one attached hydrogen (secondary N) is 1. The van der Waals surface area contributed by atoms with Gasteiger partial charge in [0.25, 0.3) is 0 Å². The topological polar surface area (TPSA) is 68.5 Å². The van der Waals surface area contributed by atoms with E-state index in [9.17, 15) is 0 Å². The molecule has 0 aliphatic heterocycles. The van der Waals surface area contributed by atoms with Gasteiger partial charge in [-0.15, -0.1) is 11.3 Å². The lowest BCUT2D eigenvalue weighted by Gasteiger charge is -2.08. The van der Waals surface area contributed by atoms with Gasteiger partial charge in [0.2, 0.25) is 0 Å². The number of nitrogens with zero attached hydrogens (tertiary/aromatic N) is 5. The smallest absolute Gasteiger partial charge is 0.151 e. The Bertz CT molecular complexity index is 960. The molecular weight excluding hydrogens is 320 g/mol. The quantitative estimate of drug-likeness (QED) is 0.604. The Balaban J connectivity index is 1.60. The van der Waals surface area contributed by atoms with E-state index < -0.39 is 0 Å². The molecule has 0 bridgehead atoms. The number of thiophene rings is 1. The Kier molecular flexibility index (Phi) is 3.92. The van der Waals surface area contributed by atoms with Crippen LogP contribution in [0.4, 0.5) is 5.82 Å². The lowest BCUT2D eigenvalue weighted by atomic mass is 10.3. The molecule has 0 saturated heterocycles. The summed E-state index contributed by atoms with van der Waals surface area (Å²) >= 11 is 1.71. The average Bonchev–Trinajstić information content (AvgIpc) is 3.27. The standard InChI is InChI=1S/C17H16N6S/c1-2-13-8-14-16(20-10-21-17(14)24-13)18-9-15-19-11-22-23(15)12-6-4-3-5-7-12/h3-8,10-11H,2,9H2,1H3,(H,18,20,21). The highest BCUT2D eigenvalue weighted by Gasteiger charge is 2.10. The van der Waals surface area contributed by atoms with E-state index in [1.807, 2.05) is 35.0 Å². The van der Waals surface area contributed by atoms with Crippen molar-refractivity contribution in [3.63, 3.8) is 0 Å². The molecule has 1 N–H and O–H groups in total. The Morgan fingerprint density at radius 1 is 1.08 bits per heavy atom. The second kappa shape index (κ2) is 6.37. The molecule has 6 nitrogen and oxygen atoms in total. The van der Waals surface area contributed by atoms with Crippen LogP contribution >= 0.6 is 11.3 Å². The van der Waals surface area contributed by atoms with E-state index in [0.717, 1.165) is 34.0 Å². The molecular formula is C17H16N6S. The van der Waals surface area contributed by atoms with Crippen molar-refractivity contribution in [1.82, 2.24) is 24.7 Å². The molecule has 0 aliphatic rings. The van der Waals surface area contributed by atoms with Crippen LogP contribution in [0.25, 0.3) is 15.9 Å². The van der Waals surface area contributed by atoms with Crippen LogP contribution in [0.3, 0.4) is 0 Å². The molecule has 3 heterocycles. The fourth-order valence-corrected chi connectivity index (χ4v) is 3.49. The highest BCUT2D eigenvalue weighted by atomic mass is 32.1. The summed E-state index contributed by atoms with van der Waals surface area (Å²) in [6.45, 7) is 2.69. The third-order valence-corrected chi connectivity index (χ3v) is 4.95. The molecule has 0 saturated carbocycles. The summed E-state index contributed by atoms with van der Waals surface area (Å²) < 4.78 is 1.83. The van der Waals surface area contributed by atoms with E-state index in [-0.39, 0.29) is 0 Å². The normalized spacial score (nSPS) is 11.0. The van der Waals surface area contributed by atoms with Gasteiger partial charge in [0.1, 0.15) is 23.3 Å². The van der Waals surface area contributed by atoms with Crippen LogP contribution in [0, 0.1) is 0 Å². The molecule has 0 amide bonds. The van der Waals surface area contributed by atoms with Crippen LogP contribution in [0.1, 0.15) is 17.6 Å². The zero-order valence-corrected chi connectivity index (χ0v) is 14.0. The van der Waals surface area contributed by atoms with Crippen LogP contribution < -0.4 is 5.32 Å². The SMILES string of the molecule is CCc1cc2c(NCc3ncnn3-c3ccccc3)ncnc2s1. The van der Waals surface area contributed by atoms with Gasteiger partial charge in [-0.3, -0.25) is 0 Å². The summed E-state index contributed by atoms with van der Waals surface area (Å²) in [5.41, 5.74) is 0.989. The minimum absolute atomic E-state index is 0.540. The predicted molar refractivity (Wildman–Crippen MR) is 95.5 cm³/mol. The molecule has 0 radical (unpaired) electrons. The highest BCUT2D eigenvalue weighted by molar-refractivity contribution is 7.18. The minimum Gasteiger partial charge on any atom is -0.362 e. The zero-order chi connectivity index (χ0) is 16.4. The van der Waals surface area contributed by atoms with Gasteiger partial charge < -0.3 is 5.32 Å². The lowest BCUT2D eigenvalue weighted by Crippen LogP contribution is -2.09. The maximum Gasteiger partial charge on any atom is 0.151 e. The molecule has 0 atom stereocenters. The van der Waals surface area contributed by atoms with E-state index in [1.165, 1.54) is 4.88 Å². The summed E-state index contributed by atoms with van der Waals surface area (Å²) in [4.78, 5) is 15.4. The average molecular weight is 336 g/mol. The van der Waals surface area contributed by atoms with E-state index in [0.29, 0.717) is 6.54 Å². The maximum atomic E-state index is 4.38. The highest BCUT2D eigenvalue weighted by Crippen LogP contribution is 2.28. The summed E-state index contributed by atoms with van der Waals surface area (Å²) in [6, 6.07) is 12.1. The number of anilines is 1. The third kappa shape index (κ3) is 2.74. The van der Waals surface area contributed by atoms with Gasteiger partial charge in [-0.05, 0) is 24.6 Å².